The highest BCUT2D eigenvalue weighted by Crippen LogP contribution is 2.19. The predicted octanol–water partition coefficient (Wildman–Crippen LogP) is 4.55. The molecule has 0 fully saturated rings. The maximum atomic E-state index is 13.4. The van der Waals surface area contributed by atoms with E-state index in [1.807, 2.05) is 30.3 Å². The van der Waals surface area contributed by atoms with Crippen LogP contribution in [0.3, 0.4) is 0 Å². The molecule has 5 heteroatoms. The summed E-state index contributed by atoms with van der Waals surface area (Å²) in [6, 6.07) is 12.5. The number of amides is 1. The fourth-order valence-electron chi connectivity index (χ4n) is 1.81. The molecule has 0 spiro atoms. The van der Waals surface area contributed by atoms with E-state index in [4.69, 9.17) is 0 Å². The van der Waals surface area contributed by atoms with Crippen molar-refractivity contribution in [2.45, 2.75) is 19.9 Å². The molecule has 2 N–H and O–H groups in total. The van der Waals surface area contributed by atoms with Gasteiger partial charge in [0.1, 0.15) is 5.82 Å². The Labute approximate surface area is 131 Å². The smallest absolute Gasteiger partial charge is 0.224 e. The quantitative estimate of drug-likeness (QED) is 0.830. The third-order valence-electron chi connectivity index (χ3n) is 2.95. The molecule has 0 atom stereocenters. The molecule has 0 radical (unpaired) electrons. The summed E-state index contributed by atoms with van der Waals surface area (Å²) >= 11 is 3.13. The van der Waals surface area contributed by atoms with Crippen molar-refractivity contribution in [3.8, 4) is 0 Å². The molecular formula is C16H16BrFN2O. The standard InChI is InChI=1S/C16H16BrFN2O/c1-2-16(21)20-13-5-3-4-12(9-13)19-10-11-6-7-14(17)15(18)8-11/h3-9,19H,2,10H2,1H3,(H,20,21). The molecule has 21 heavy (non-hydrogen) atoms. The minimum absolute atomic E-state index is 0.0258. The van der Waals surface area contributed by atoms with E-state index in [9.17, 15) is 9.18 Å². The van der Waals surface area contributed by atoms with Gasteiger partial charge in [-0.05, 0) is 51.8 Å². The van der Waals surface area contributed by atoms with Crippen LogP contribution in [-0.4, -0.2) is 5.91 Å². The van der Waals surface area contributed by atoms with E-state index in [1.165, 1.54) is 6.07 Å². The monoisotopic (exact) mass is 350 g/mol. The molecule has 0 aliphatic carbocycles. The van der Waals surface area contributed by atoms with Crippen LogP contribution < -0.4 is 10.6 Å². The summed E-state index contributed by atoms with van der Waals surface area (Å²) < 4.78 is 13.9. The van der Waals surface area contributed by atoms with Gasteiger partial charge in [0.05, 0.1) is 4.47 Å². The van der Waals surface area contributed by atoms with Crippen molar-refractivity contribution in [2.75, 3.05) is 10.6 Å². The summed E-state index contributed by atoms with van der Waals surface area (Å²) in [6.45, 7) is 2.31. The number of hydrogen-bond donors (Lipinski definition) is 2. The first-order valence-corrected chi connectivity index (χ1v) is 7.45. The lowest BCUT2D eigenvalue weighted by atomic mass is 10.2. The highest BCUT2D eigenvalue weighted by molar-refractivity contribution is 9.10. The van der Waals surface area contributed by atoms with Crippen LogP contribution >= 0.6 is 15.9 Å². The van der Waals surface area contributed by atoms with E-state index < -0.39 is 0 Å². The minimum atomic E-state index is -0.279. The Hall–Kier alpha value is -1.88. The molecule has 2 aromatic rings. The van der Waals surface area contributed by atoms with Gasteiger partial charge < -0.3 is 10.6 Å². The molecule has 0 aromatic heterocycles. The van der Waals surface area contributed by atoms with Crippen molar-refractivity contribution in [3.05, 3.63) is 58.3 Å². The van der Waals surface area contributed by atoms with Gasteiger partial charge in [0.2, 0.25) is 5.91 Å². The minimum Gasteiger partial charge on any atom is -0.381 e. The second-order valence-corrected chi connectivity index (χ2v) is 5.44. The van der Waals surface area contributed by atoms with E-state index in [1.54, 1.807) is 13.0 Å². The highest BCUT2D eigenvalue weighted by atomic mass is 79.9. The van der Waals surface area contributed by atoms with Crippen LogP contribution in [-0.2, 0) is 11.3 Å². The molecule has 0 bridgehead atoms. The molecule has 110 valence electrons. The van der Waals surface area contributed by atoms with Crippen LogP contribution in [0.25, 0.3) is 0 Å². The number of hydrogen-bond acceptors (Lipinski definition) is 2. The fourth-order valence-corrected chi connectivity index (χ4v) is 2.06. The summed E-state index contributed by atoms with van der Waals surface area (Å²) in [5.41, 5.74) is 2.46. The molecule has 2 rings (SSSR count). The summed E-state index contributed by atoms with van der Waals surface area (Å²) in [5.74, 6) is -0.305. The van der Waals surface area contributed by atoms with Gasteiger partial charge >= 0.3 is 0 Å². The maximum absolute atomic E-state index is 13.4. The lowest BCUT2D eigenvalue weighted by Gasteiger charge is -2.09. The number of halogens is 2. The highest BCUT2D eigenvalue weighted by Gasteiger charge is 2.02. The zero-order valence-electron chi connectivity index (χ0n) is 11.6. The van der Waals surface area contributed by atoms with Crippen molar-refractivity contribution >= 4 is 33.2 Å². The van der Waals surface area contributed by atoms with Gasteiger partial charge in [-0.3, -0.25) is 4.79 Å². The summed E-state index contributed by atoms with van der Waals surface area (Å²) in [6.07, 6.45) is 0.440. The SMILES string of the molecule is CCC(=O)Nc1cccc(NCc2ccc(Br)c(F)c2)c1. The van der Waals surface area contributed by atoms with E-state index >= 15 is 0 Å². The van der Waals surface area contributed by atoms with Crippen LogP contribution in [0.5, 0.6) is 0 Å². The topological polar surface area (TPSA) is 41.1 Å². The Bertz CT molecular complexity index is 646. The van der Waals surface area contributed by atoms with E-state index in [0.29, 0.717) is 17.4 Å². The molecule has 0 saturated heterocycles. The molecule has 3 nitrogen and oxygen atoms in total. The number of rotatable bonds is 5. The molecule has 0 aliphatic heterocycles. The average Bonchev–Trinajstić information content (AvgIpc) is 2.49. The van der Waals surface area contributed by atoms with Gasteiger partial charge in [-0.15, -0.1) is 0 Å². The van der Waals surface area contributed by atoms with Gasteiger partial charge in [-0.1, -0.05) is 19.1 Å². The summed E-state index contributed by atoms with van der Waals surface area (Å²) in [7, 11) is 0. The number of carbonyl (C=O) groups is 1. The number of nitrogens with one attached hydrogen (secondary N) is 2. The third-order valence-corrected chi connectivity index (χ3v) is 3.59. The lowest BCUT2D eigenvalue weighted by molar-refractivity contribution is -0.115. The second-order valence-electron chi connectivity index (χ2n) is 4.58. The predicted molar refractivity (Wildman–Crippen MR) is 86.8 cm³/mol. The molecule has 1 amide bonds. The Morgan fingerprint density at radius 2 is 1.95 bits per heavy atom. The Balaban J connectivity index is 2.01. The molecule has 0 aliphatic rings. The van der Waals surface area contributed by atoms with Crippen LogP contribution in [0.15, 0.2) is 46.9 Å². The van der Waals surface area contributed by atoms with Crippen LogP contribution in [0.4, 0.5) is 15.8 Å². The van der Waals surface area contributed by atoms with E-state index in [-0.39, 0.29) is 11.7 Å². The summed E-state index contributed by atoms with van der Waals surface area (Å²) in [5, 5.41) is 6.01. The lowest BCUT2D eigenvalue weighted by Crippen LogP contribution is -2.09. The number of benzene rings is 2. The van der Waals surface area contributed by atoms with Crippen LogP contribution in [0.2, 0.25) is 0 Å². The van der Waals surface area contributed by atoms with Gasteiger partial charge in [-0.25, -0.2) is 4.39 Å². The van der Waals surface area contributed by atoms with E-state index in [2.05, 4.69) is 26.6 Å². The zero-order chi connectivity index (χ0) is 15.2. The van der Waals surface area contributed by atoms with Gasteiger partial charge in [0, 0.05) is 24.3 Å². The normalized spacial score (nSPS) is 10.2. The average molecular weight is 351 g/mol. The third kappa shape index (κ3) is 4.56. The molecule has 0 unspecified atom stereocenters. The van der Waals surface area contributed by atoms with Gasteiger partial charge in [0.25, 0.3) is 0 Å². The molecule has 0 saturated carbocycles. The molecule has 2 aromatic carbocycles. The van der Waals surface area contributed by atoms with Crippen molar-refractivity contribution in [3.63, 3.8) is 0 Å². The first-order valence-electron chi connectivity index (χ1n) is 6.66. The van der Waals surface area contributed by atoms with Gasteiger partial charge in [0.15, 0.2) is 0 Å². The van der Waals surface area contributed by atoms with Crippen molar-refractivity contribution in [1.82, 2.24) is 0 Å². The van der Waals surface area contributed by atoms with E-state index in [0.717, 1.165) is 16.9 Å². The largest absolute Gasteiger partial charge is 0.381 e. The van der Waals surface area contributed by atoms with Crippen molar-refractivity contribution < 1.29 is 9.18 Å². The molecule has 0 heterocycles. The Morgan fingerprint density at radius 3 is 2.67 bits per heavy atom. The Kier molecular flexibility index (Phi) is 5.33. The van der Waals surface area contributed by atoms with Crippen molar-refractivity contribution in [2.24, 2.45) is 0 Å². The van der Waals surface area contributed by atoms with Crippen LogP contribution in [0.1, 0.15) is 18.9 Å². The Morgan fingerprint density at radius 1 is 1.19 bits per heavy atom. The number of anilines is 2. The fraction of sp³-hybridized carbons (Fsp3) is 0.188. The maximum Gasteiger partial charge on any atom is 0.224 e. The van der Waals surface area contributed by atoms with Gasteiger partial charge in [-0.2, -0.15) is 0 Å². The first-order chi connectivity index (χ1) is 10.1. The van der Waals surface area contributed by atoms with Crippen molar-refractivity contribution in [1.29, 1.82) is 0 Å². The molecular weight excluding hydrogens is 335 g/mol. The summed E-state index contributed by atoms with van der Waals surface area (Å²) in [4.78, 5) is 11.4. The zero-order valence-corrected chi connectivity index (χ0v) is 13.2. The van der Waals surface area contributed by atoms with Crippen LogP contribution in [0, 0.1) is 5.82 Å². The second kappa shape index (κ2) is 7.22. The first kappa shape index (κ1) is 15.5. The number of carbonyl (C=O) groups excluding carboxylic acids is 1.